The molecule has 1 aliphatic carbocycles. The molecule has 1 saturated carbocycles. The first-order chi connectivity index (χ1) is 23.9. The lowest BCUT2D eigenvalue weighted by Crippen LogP contribution is -2.66. The third-order valence-corrected chi connectivity index (χ3v) is 16.3. The van der Waals surface area contributed by atoms with Gasteiger partial charge in [-0.2, -0.15) is 0 Å². The first kappa shape index (κ1) is 20.1. The maximum Gasteiger partial charge on any atom is 0.223 e. The van der Waals surface area contributed by atoms with Crippen molar-refractivity contribution in [2.24, 2.45) is 0 Å². The highest BCUT2D eigenvalue weighted by Crippen LogP contribution is 2.73. The third kappa shape index (κ3) is 1.36. The normalized spacial score (nSPS) is 27.5. The molecule has 6 atom stereocenters. The minimum Gasteiger partial charge on any atom is -0.334 e. The summed E-state index contributed by atoms with van der Waals surface area (Å²) in [5.41, 5.74) is 25.1. The lowest BCUT2D eigenvalue weighted by Gasteiger charge is -2.62. The van der Waals surface area contributed by atoms with E-state index in [0.29, 0.717) is 49.2 Å². The van der Waals surface area contributed by atoms with Crippen molar-refractivity contribution < 1.29 is 0 Å². The maximum atomic E-state index is 2.99. The molecule has 0 spiro atoms. The van der Waals surface area contributed by atoms with Gasteiger partial charge >= 0.3 is 0 Å². The highest BCUT2D eigenvalue weighted by atomic mass is 15.3. The molecular formula is C42H18B2N4. The number of hydrogen-bond acceptors (Lipinski definition) is 0. The van der Waals surface area contributed by atoms with Crippen molar-refractivity contribution in [1.82, 2.24) is 18.3 Å². The standard InChI is InChI=1S/C42H18B2N4/c1-5-17-21-9-10-22-19-7-3-15-16-4-8-20-24-12-11-23-18-6-2-14-13(1)25-31(17)45-35(21)36(22)47-33(19)27(15)44-28(16)34(20)48-38(24)37(23)46-32(18)26(14)43(25)29-39(45)41(47)30(44)42(48)40(29)46/h1-12,29-30,39-42H/t29-,30?,39+,40?,41?,42?/m1/s1. The minimum atomic E-state index is 0.447. The fourth-order valence-electron chi connectivity index (χ4n) is 15.6. The van der Waals surface area contributed by atoms with Crippen LogP contribution in [0, 0.1) is 0 Å². The van der Waals surface area contributed by atoms with E-state index >= 15 is 0 Å². The molecule has 0 saturated heterocycles. The number of fused-ring (bicyclic) bond motifs is 6. The second kappa shape index (κ2) is 5.24. The van der Waals surface area contributed by atoms with E-state index in [0.717, 1.165) is 0 Å². The Labute approximate surface area is 270 Å². The molecule has 6 aromatic carbocycles. The van der Waals surface area contributed by atoms with Gasteiger partial charge in [-0.3, -0.25) is 0 Å². The van der Waals surface area contributed by atoms with E-state index in [4.69, 9.17) is 0 Å². The topological polar surface area (TPSA) is 19.7 Å². The van der Waals surface area contributed by atoms with Gasteiger partial charge in [0.15, 0.2) is 0 Å². The van der Waals surface area contributed by atoms with Gasteiger partial charge in [0.1, 0.15) is 0 Å². The van der Waals surface area contributed by atoms with Gasteiger partial charge in [0.25, 0.3) is 0 Å². The van der Waals surface area contributed by atoms with Crippen molar-refractivity contribution >= 4 is 123 Å². The van der Waals surface area contributed by atoms with Gasteiger partial charge < -0.3 is 18.3 Å². The van der Waals surface area contributed by atoms with Gasteiger partial charge in [-0.25, -0.2) is 0 Å². The number of hydrogen-bond donors (Lipinski definition) is 0. The van der Waals surface area contributed by atoms with Gasteiger partial charge in [0.2, 0.25) is 13.4 Å². The van der Waals surface area contributed by atoms with Crippen molar-refractivity contribution in [2.45, 2.75) is 35.8 Å². The molecule has 8 aliphatic heterocycles. The lowest BCUT2D eigenvalue weighted by molar-refractivity contribution is 0.136. The van der Waals surface area contributed by atoms with Crippen molar-refractivity contribution in [2.75, 3.05) is 0 Å². The van der Waals surface area contributed by atoms with Gasteiger partial charge in [-0.15, -0.1) is 0 Å². The Hall–Kier alpha value is -5.35. The SMILES string of the molecule is c1cc2c3ccc4c5ccc6c7c5n5c4c3n3c2c2c1-c1ccc4c8ccc9c%10ccc-6c6c%10n%10c9c8n8c4c1B2C1C3C5[C@H](B76)[C@H]%10C18. The van der Waals surface area contributed by atoms with Crippen LogP contribution in [0.2, 0.25) is 11.6 Å². The molecule has 4 unspecified atom stereocenters. The lowest BCUT2D eigenvalue weighted by atomic mass is 9.23. The molecule has 9 aliphatic rings. The molecule has 0 amide bonds. The van der Waals surface area contributed by atoms with E-state index in [1.54, 1.807) is 43.9 Å². The van der Waals surface area contributed by atoms with Crippen molar-refractivity contribution in [3.63, 3.8) is 0 Å². The minimum absolute atomic E-state index is 0.447. The van der Waals surface area contributed by atoms with Crippen molar-refractivity contribution in [1.29, 1.82) is 0 Å². The summed E-state index contributed by atoms with van der Waals surface area (Å²) in [6, 6.07) is 31.8. The Morgan fingerprint density at radius 1 is 0.292 bits per heavy atom. The van der Waals surface area contributed by atoms with Crippen LogP contribution >= 0.6 is 0 Å². The molecular weight excluding hydrogens is 582 g/mol. The van der Waals surface area contributed by atoms with Crippen LogP contribution < -0.4 is 21.9 Å². The van der Waals surface area contributed by atoms with Crippen LogP contribution in [0.4, 0.5) is 0 Å². The second-order valence-corrected chi connectivity index (χ2v) is 17.0. The first-order valence-electron chi connectivity index (χ1n) is 18.1. The van der Waals surface area contributed by atoms with Crippen molar-refractivity contribution in [3.8, 4) is 22.3 Å². The van der Waals surface area contributed by atoms with E-state index in [-0.39, 0.29) is 0 Å². The third-order valence-electron chi connectivity index (χ3n) is 16.3. The van der Waals surface area contributed by atoms with Crippen LogP contribution in [0.15, 0.2) is 72.8 Å². The van der Waals surface area contributed by atoms with E-state index in [1.807, 2.05) is 0 Å². The molecule has 4 nitrogen and oxygen atoms in total. The summed E-state index contributed by atoms with van der Waals surface area (Å²) in [7, 11) is 0. The summed E-state index contributed by atoms with van der Waals surface area (Å²) in [4.78, 5) is 0. The van der Waals surface area contributed by atoms with E-state index in [2.05, 4.69) is 91.1 Å². The molecule has 10 aromatic rings. The molecule has 0 radical (unpaired) electrons. The fourth-order valence-corrected chi connectivity index (χ4v) is 15.6. The van der Waals surface area contributed by atoms with Crippen LogP contribution in [-0.4, -0.2) is 31.7 Å². The van der Waals surface area contributed by atoms with E-state index in [9.17, 15) is 0 Å². The molecule has 48 heavy (non-hydrogen) atoms. The molecule has 19 rings (SSSR count). The average molecular weight is 600 g/mol. The zero-order chi connectivity index (χ0) is 29.3. The predicted octanol–water partition coefficient (Wildman–Crippen LogP) is 6.60. The molecule has 0 N–H and O–H groups in total. The predicted molar refractivity (Wildman–Crippen MR) is 197 cm³/mol. The number of rotatable bonds is 0. The molecule has 12 heterocycles. The van der Waals surface area contributed by atoms with Crippen LogP contribution in [0.3, 0.4) is 0 Å². The Morgan fingerprint density at radius 2 is 0.521 bits per heavy atom. The van der Waals surface area contributed by atoms with E-state index < -0.39 is 0 Å². The quantitative estimate of drug-likeness (QED) is 0.175. The summed E-state index contributed by atoms with van der Waals surface area (Å²) in [5, 5.41) is 11.8. The zero-order valence-corrected chi connectivity index (χ0v) is 25.3. The molecule has 1 fully saturated rings. The summed E-state index contributed by atoms with van der Waals surface area (Å²) < 4.78 is 12.0. The van der Waals surface area contributed by atoms with Crippen LogP contribution in [0.1, 0.15) is 24.2 Å². The van der Waals surface area contributed by atoms with Gasteiger partial charge in [0.05, 0.1) is 46.2 Å². The van der Waals surface area contributed by atoms with Gasteiger partial charge in [0, 0.05) is 65.2 Å². The number of nitrogens with zero attached hydrogens (tertiary/aromatic N) is 4. The zero-order valence-electron chi connectivity index (χ0n) is 25.3. The monoisotopic (exact) mass is 600 g/mol. The highest BCUT2D eigenvalue weighted by molar-refractivity contribution is 6.96. The summed E-state index contributed by atoms with van der Waals surface area (Å²) in [5.74, 6) is 1.05. The Balaban J connectivity index is 1.25. The highest BCUT2D eigenvalue weighted by Gasteiger charge is 2.70. The fraction of sp³-hybridized carbons (Fsp3) is 0.143. The van der Waals surface area contributed by atoms with Crippen LogP contribution in [-0.2, 0) is 0 Å². The van der Waals surface area contributed by atoms with Gasteiger partial charge in [-0.05, 0) is 55.7 Å². The van der Waals surface area contributed by atoms with Crippen molar-refractivity contribution in [3.05, 3.63) is 72.8 Å². The molecule has 0 bridgehead atoms. The van der Waals surface area contributed by atoms with Gasteiger partial charge in [-0.1, -0.05) is 72.8 Å². The number of benzene rings is 6. The Kier molecular flexibility index (Phi) is 2.19. The first-order valence-corrected chi connectivity index (χ1v) is 18.1. The van der Waals surface area contributed by atoms with E-state index in [1.165, 1.54) is 87.4 Å². The Bertz CT molecular complexity index is 3170. The molecule has 4 aromatic heterocycles. The largest absolute Gasteiger partial charge is 0.334 e. The maximum absolute atomic E-state index is 2.99. The smallest absolute Gasteiger partial charge is 0.223 e. The summed E-state index contributed by atoms with van der Waals surface area (Å²) in [6.45, 7) is 0.921. The molecule has 212 valence electrons. The average Bonchev–Trinajstić information content (AvgIpc) is 3.94. The molecule has 6 heteroatoms. The second-order valence-electron chi connectivity index (χ2n) is 17.0. The Morgan fingerprint density at radius 3 is 0.792 bits per heavy atom. The van der Waals surface area contributed by atoms with Crippen LogP contribution in [0.5, 0.6) is 0 Å². The summed E-state index contributed by atoms with van der Waals surface area (Å²) >= 11 is 0. The number of aromatic nitrogens is 4. The van der Waals surface area contributed by atoms with Crippen LogP contribution in [0.25, 0.3) is 109 Å². The summed E-state index contributed by atoms with van der Waals surface area (Å²) in [6.07, 6.45) is 0.